The van der Waals surface area contributed by atoms with Gasteiger partial charge in [-0.2, -0.15) is 5.10 Å². The van der Waals surface area contributed by atoms with Crippen molar-refractivity contribution < 1.29 is 4.79 Å². The summed E-state index contributed by atoms with van der Waals surface area (Å²) in [5, 5.41) is 8.56. The summed E-state index contributed by atoms with van der Waals surface area (Å²) in [6.07, 6.45) is 3.01. The highest BCUT2D eigenvalue weighted by Gasteiger charge is 2.11. The van der Waals surface area contributed by atoms with E-state index in [-0.39, 0.29) is 5.91 Å². The maximum atomic E-state index is 12.4. The minimum atomic E-state index is -0.107. The second kappa shape index (κ2) is 8.08. The van der Waals surface area contributed by atoms with Crippen LogP contribution in [-0.4, -0.2) is 31.4 Å². The number of thioether (sulfide) groups is 1. The molecule has 2 aromatic carbocycles. The molecule has 0 fully saturated rings. The molecule has 0 spiro atoms. The zero-order chi connectivity index (χ0) is 18.6. The van der Waals surface area contributed by atoms with Gasteiger partial charge in [-0.15, -0.1) is 23.1 Å². The van der Waals surface area contributed by atoms with Gasteiger partial charge >= 0.3 is 0 Å². The molecule has 0 unspecified atom stereocenters. The molecule has 0 radical (unpaired) electrons. The van der Waals surface area contributed by atoms with Crippen LogP contribution < -0.4 is 5.32 Å². The molecule has 136 valence electrons. The van der Waals surface area contributed by atoms with Crippen molar-refractivity contribution in [3.05, 3.63) is 65.1 Å². The second-order valence-electron chi connectivity index (χ2n) is 5.62. The van der Waals surface area contributed by atoms with Gasteiger partial charge in [0.2, 0.25) is 5.91 Å². The Bertz CT molecular complexity index is 1050. The van der Waals surface area contributed by atoms with Crippen LogP contribution in [0.5, 0.6) is 0 Å². The number of nitrogens with zero attached hydrogens (tertiary/aromatic N) is 4. The van der Waals surface area contributed by atoms with E-state index < -0.39 is 0 Å². The third-order valence-corrected chi connectivity index (χ3v) is 6.09. The molecular weight excluding hydrogens is 402 g/mol. The normalized spacial score (nSPS) is 11.0. The van der Waals surface area contributed by atoms with Gasteiger partial charge in [-0.25, -0.2) is 14.6 Å². The van der Waals surface area contributed by atoms with Crippen molar-refractivity contribution >= 4 is 56.5 Å². The van der Waals surface area contributed by atoms with Gasteiger partial charge in [0.25, 0.3) is 0 Å². The van der Waals surface area contributed by atoms with Crippen molar-refractivity contribution in [2.45, 2.75) is 5.75 Å². The lowest BCUT2D eigenvalue weighted by atomic mass is 10.2. The smallest absolute Gasteiger partial charge is 0.234 e. The summed E-state index contributed by atoms with van der Waals surface area (Å²) in [6, 6.07) is 13.3. The first kappa shape index (κ1) is 18.0. The third kappa shape index (κ3) is 4.29. The average molecular weight is 416 g/mol. The zero-order valence-corrected chi connectivity index (χ0v) is 16.4. The van der Waals surface area contributed by atoms with Crippen molar-refractivity contribution in [2.75, 3.05) is 11.1 Å². The second-order valence-corrected chi connectivity index (χ2v) is 8.16. The molecule has 1 amide bonds. The molecule has 1 N–H and O–H groups in total. The van der Waals surface area contributed by atoms with Gasteiger partial charge in [-0.1, -0.05) is 23.7 Å². The summed E-state index contributed by atoms with van der Waals surface area (Å²) in [7, 11) is 0. The van der Waals surface area contributed by atoms with E-state index in [1.165, 1.54) is 18.1 Å². The quantitative estimate of drug-likeness (QED) is 0.505. The molecule has 6 nitrogen and oxygen atoms in total. The Hall–Kier alpha value is -2.42. The number of rotatable bonds is 6. The van der Waals surface area contributed by atoms with Crippen molar-refractivity contribution in [1.29, 1.82) is 0 Å². The molecule has 9 heteroatoms. The first-order chi connectivity index (χ1) is 13.2. The van der Waals surface area contributed by atoms with Crippen LogP contribution in [0.3, 0.4) is 0 Å². The minimum absolute atomic E-state index is 0.107. The number of carbonyl (C=O) groups is 1. The predicted molar refractivity (Wildman–Crippen MR) is 111 cm³/mol. The van der Waals surface area contributed by atoms with Crippen LogP contribution >= 0.6 is 34.7 Å². The Morgan fingerprint density at radius 3 is 2.96 bits per heavy atom. The first-order valence-electron chi connectivity index (χ1n) is 8.05. The summed E-state index contributed by atoms with van der Waals surface area (Å²) >= 11 is 9.26. The third-order valence-electron chi connectivity index (χ3n) is 3.70. The van der Waals surface area contributed by atoms with E-state index in [0.717, 1.165) is 15.2 Å². The van der Waals surface area contributed by atoms with Crippen LogP contribution in [0.2, 0.25) is 5.02 Å². The summed E-state index contributed by atoms with van der Waals surface area (Å²) in [6.45, 7) is 0. The van der Waals surface area contributed by atoms with E-state index in [1.807, 2.05) is 18.2 Å². The monoisotopic (exact) mass is 415 g/mol. The number of benzene rings is 2. The lowest BCUT2D eigenvalue weighted by Gasteiger charge is -2.11. The van der Waals surface area contributed by atoms with E-state index in [2.05, 4.69) is 26.4 Å². The number of para-hydroxylation sites is 1. The maximum Gasteiger partial charge on any atom is 0.234 e. The van der Waals surface area contributed by atoms with Crippen molar-refractivity contribution in [3.8, 4) is 5.69 Å². The van der Waals surface area contributed by atoms with Crippen LogP contribution in [-0.2, 0) is 10.5 Å². The molecule has 2 aromatic heterocycles. The molecule has 0 aliphatic rings. The molecule has 2 heterocycles. The van der Waals surface area contributed by atoms with Crippen LogP contribution in [0.4, 0.5) is 5.69 Å². The zero-order valence-electron chi connectivity index (χ0n) is 14.0. The average Bonchev–Trinajstić information content (AvgIpc) is 3.31. The van der Waals surface area contributed by atoms with Gasteiger partial charge in [0.05, 0.1) is 27.3 Å². The lowest BCUT2D eigenvalue weighted by molar-refractivity contribution is -0.113. The molecule has 0 saturated carbocycles. The molecule has 0 aliphatic carbocycles. The molecule has 0 bridgehead atoms. The molecule has 0 aliphatic heterocycles. The van der Waals surface area contributed by atoms with Crippen molar-refractivity contribution in [1.82, 2.24) is 19.7 Å². The molecule has 0 saturated heterocycles. The van der Waals surface area contributed by atoms with Crippen LogP contribution in [0.15, 0.2) is 55.1 Å². The van der Waals surface area contributed by atoms with Crippen molar-refractivity contribution in [3.63, 3.8) is 0 Å². The number of fused-ring (bicyclic) bond motifs is 1. The van der Waals surface area contributed by atoms with Crippen LogP contribution in [0.25, 0.3) is 15.9 Å². The summed E-state index contributed by atoms with van der Waals surface area (Å²) < 4.78 is 2.74. The standard InChI is InChI=1S/C18H14ClN5OS2/c19-12-5-6-15(24-11-20-10-21-24)14(7-12)22-17(25)8-26-9-18-23-13-3-1-2-4-16(13)27-18/h1-7,10-11H,8-9H2,(H,22,25). The number of aromatic nitrogens is 4. The number of halogens is 1. The summed E-state index contributed by atoms with van der Waals surface area (Å²) in [4.78, 5) is 20.9. The van der Waals surface area contributed by atoms with Gasteiger partial charge in [0, 0.05) is 10.8 Å². The van der Waals surface area contributed by atoms with E-state index in [1.54, 1.807) is 40.5 Å². The Labute approximate surface area is 168 Å². The molecule has 4 rings (SSSR count). The molecule has 4 aromatic rings. The molecule has 27 heavy (non-hydrogen) atoms. The number of hydrogen-bond acceptors (Lipinski definition) is 6. The van der Waals surface area contributed by atoms with E-state index >= 15 is 0 Å². The van der Waals surface area contributed by atoms with Gasteiger partial charge in [0.1, 0.15) is 17.7 Å². The van der Waals surface area contributed by atoms with Gasteiger partial charge < -0.3 is 5.32 Å². The highest BCUT2D eigenvalue weighted by Crippen LogP contribution is 2.26. The Morgan fingerprint density at radius 1 is 1.26 bits per heavy atom. The number of hydrogen-bond donors (Lipinski definition) is 1. The number of amides is 1. The summed E-state index contributed by atoms with van der Waals surface area (Å²) in [5.41, 5.74) is 2.30. The molecule has 0 atom stereocenters. The van der Waals surface area contributed by atoms with Gasteiger partial charge in [-0.3, -0.25) is 4.79 Å². The van der Waals surface area contributed by atoms with E-state index in [4.69, 9.17) is 11.6 Å². The number of carbonyl (C=O) groups excluding carboxylic acids is 1. The van der Waals surface area contributed by atoms with E-state index in [0.29, 0.717) is 27.9 Å². The topological polar surface area (TPSA) is 72.7 Å². The van der Waals surface area contributed by atoms with Gasteiger partial charge in [-0.05, 0) is 30.3 Å². The van der Waals surface area contributed by atoms with Crippen LogP contribution in [0, 0.1) is 0 Å². The largest absolute Gasteiger partial charge is 0.323 e. The highest BCUT2D eigenvalue weighted by atomic mass is 35.5. The Kier molecular flexibility index (Phi) is 5.38. The minimum Gasteiger partial charge on any atom is -0.323 e. The fraction of sp³-hybridized carbons (Fsp3) is 0.111. The first-order valence-corrected chi connectivity index (χ1v) is 10.4. The van der Waals surface area contributed by atoms with E-state index in [9.17, 15) is 4.79 Å². The Balaban J connectivity index is 1.39. The van der Waals surface area contributed by atoms with Gasteiger partial charge in [0.15, 0.2) is 0 Å². The fourth-order valence-electron chi connectivity index (χ4n) is 2.54. The SMILES string of the molecule is O=C(CSCc1nc2ccccc2s1)Nc1cc(Cl)ccc1-n1cncn1. The number of thiazole rings is 1. The van der Waals surface area contributed by atoms with Crippen LogP contribution in [0.1, 0.15) is 5.01 Å². The Morgan fingerprint density at radius 2 is 2.15 bits per heavy atom. The maximum absolute atomic E-state index is 12.4. The lowest BCUT2D eigenvalue weighted by Crippen LogP contribution is -2.16. The molecular formula is C18H14ClN5OS2. The van der Waals surface area contributed by atoms with Crippen molar-refractivity contribution in [2.24, 2.45) is 0 Å². The highest BCUT2D eigenvalue weighted by molar-refractivity contribution is 7.99. The number of anilines is 1. The fourth-order valence-corrected chi connectivity index (χ4v) is 4.56. The number of nitrogens with one attached hydrogen (secondary N) is 1. The predicted octanol–water partition coefficient (Wildman–Crippen LogP) is 4.40. The summed E-state index contributed by atoms with van der Waals surface area (Å²) in [5.74, 6) is 0.905.